The van der Waals surface area contributed by atoms with Gasteiger partial charge < -0.3 is 19.9 Å². The minimum absolute atomic E-state index is 0.00857. The Balaban J connectivity index is 1.82. The van der Waals surface area contributed by atoms with E-state index in [1.165, 1.54) is 18.4 Å². The molecule has 1 saturated carbocycles. The molecule has 0 spiro atoms. The first kappa shape index (κ1) is 20.2. The van der Waals surface area contributed by atoms with Crippen molar-refractivity contribution in [2.45, 2.75) is 19.3 Å². The number of ether oxygens (including phenoxy) is 1. The summed E-state index contributed by atoms with van der Waals surface area (Å²) in [5, 5.41) is 3.37. The maximum Gasteiger partial charge on any atom is 0.243 e. The van der Waals surface area contributed by atoms with Crippen molar-refractivity contribution in [3.8, 4) is 0 Å². The Bertz CT molecular complexity index is 570. The van der Waals surface area contributed by atoms with Crippen LogP contribution in [0.1, 0.15) is 18.4 Å². The SMILES string of the molecule is CN(C)C(=O)CN=C(NCCc1ccccc1)N(C)CCOCC1CC1. The summed E-state index contributed by atoms with van der Waals surface area (Å²) < 4.78 is 5.72. The molecule has 1 amide bonds. The number of amides is 1. The molecule has 1 aliphatic rings. The average molecular weight is 361 g/mol. The fourth-order valence-electron chi connectivity index (χ4n) is 2.40. The molecule has 26 heavy (non-hydrogen) atoms. The Morgan fingerprint density at radius 2 is 1.96 bits per heavy atom. The first-order chi connectivity index (χ1) is 12.6. The Hall–Kier alpha value is -2.08. The van der Waals surface area contributed by atoms with Crippen LogP contribution in [-0.4, -0.2) is 75.7 Å². The van der Waals surface area contributed by atoms with Gasteiger partial charge in [0.1, 0.15) is 6.54 Å². The molecule has 0 heterocycles. The van der Waals surface area contributed by atoms with Gasteiger partial charge in [0.05, 0.1) is 6.61 Å². The number of guanidine groups is 1. The second kappa shape index (κ2) is 10.8. The number of carbonyl (C=O) groups is 1. The molecule has 0 bridgehead atoms. The summed E-state index contributed by atoms with van der Waals surface area (Å²) in [6.07, 6.45) is 3.51. The van der Waals surface area contributed by atoms with Gasteiger partial charge in [-0.2, -0.15) is 0 Å². The monoisotopic (exact) mass is 360 g/mol. The van der Waals surface area contributed by atoms with Crippen LogP contribution in [0.15, 0.2) is 35.3 Å². The number of carbonyl (C=O) groups excluding carboxylic acids is 1. The van der Waals surface area contributed by atoms with Gasteiger partial charge in [0.25, 0.3) is 0 Å². The zero-order valence-corrected chi connectivity index (χ0v) is 16.3. The topological polar surface area (TPSA) is 57.2 Å². The number of aliphatic imine (C=N–C) groups is 1. The van der Waals surface area contributed by atoms with E-state index in [4.69, 9.17) is 4.74 Å². The van der Waals surface area contributed by atoms with Crippen molar-refractivity contribution in [3.63, 3.8) is 0 Å². The molecule has 1 N–H and O–H groups in total. The van der Waals surface area contributed by atoms with Gasteiger partial charge in [-0.25, -0.2) is 4.99 Å². The maximum absolute atomic E-state index is 11.9. The van der Waals surface area contributed by atoms with E-state index in [1.807, 2.05) is 30.1 Å². The largest absolute Gasteiger partial charge is 0.379 e. The molecular weight excluding hydrogens is 328 g/mol. The van der Waals surface area contributed by atoms with Gasteiger partial charge in [-0.1, -0.05) is 30.3 Å². The number of likely N-dealkylation sites (N-methyl/N-ethyl adjacent to an activating group) is 2. The van der Waals surface area contributed by atoms with E-state index in [1.54, 1.807) is 19.0 Å². The van der Waals surface area contributed by atoms with Crippen molar-refractivity contribution >= 4 is 11.9 Å². The number of hydrogen-bond acceptors (Lipinski definition) is 3. The third kappa shape index (κ3) is 7.87. The number of benzene rings is 1. The highest BCUT2D eigenvalue weighted by Crippen LogP contribution is 2.28. The van der Waals surface area contributed by atoms with Crippen molar-refractivity contribution in [2.24, 2.45) is 10.9 Å². The van der Waals surface area contributed by atoms with Crippen molar-refractivity contribution in [1.82, 2.24) is 15.1 Å². The summed E-state index contributed by atoms with van der Waals surface area (Å²) in [5.41, 5.74) is 1.28. The van der Waals surface area contributed by atoms with E-state index in [-0.39, 0.29) is 12.5 Å². The van der Waals surface area contributed by atoms with Gasteiger partial charge in [0.15, 0.2) is 5.96 Å². The van der Waals surface area contributed by atoms with Crippen LogP contribution in [0.25, 0.3) is 0 Å². The Labute approximate surface area is 157 Å². The third-order valence-electron chi connectivity index (χ3n) is 4.39. The second-order valence-corrected chi connectivity index (χ2v) is 7.03. The number of hydrogen-bond donors (Lipinski definition) is 1. The summed E-state index contributed by atoms with van der Waals surface area (Å²) in [7, 11) is 5.47. The van der Waals surface area contributed by atoms with Crippen molar-refractivity contribution in [1.29, 1.82) is 0 Å². The molecule has 1 aromatic carbocycles. The van der Waals surface area contributed by atoms with Crippen LogP contribution in [0.5, 0.6) is 0 Å². The fraction of sp³-hybridized carbons (Fsp3) is 0.600. The summed E-state index contributed by atoms with van der Waals surface area (Å²) in [5.74, 6) is 1.51. The predicted molar refractivity (Wildman–Crippen MR) is 105 cm³/mol. The van der Waals surface area contributed by atoms with Crippen LogP contribution in [0.3, 0.4) is 0 Å². The fourth-order valence-corrected chi connectivity index (χ4v) is 2.40. The predicted octanol–water partition coefficient (Wildman–Crippen LogP) is 1.62. The molecule has 6 heteroatoms. The number of nitrogens with zero attached hydrogens (tertiary/aromatic N) is 3. The zero-order valence-electron chi connectivity index (χ0n) is 16.3. The van der Waals surface area contributed by atoms with Crippen molar-refractivity contribution < 1.29 is 9.53 Å². The van der Waals surface area contributed by atoms with E-state index < -0.39 is 0 Å². The van der Waals surface area contributed by atoms with Gasteiger partial charge >= 0.3 is 0 Å². The van der Waals surface area contributed by atoms with Crippen molar-refractivity contribution in [2.75, 3.05) is 54.0 Å². The lowest BCUT2D eigenvalue weighted by Crippen LogP contribution is -2.42. The normalized spacial score (nSPS) is 14.2. The van der Waals surface area contributed by atoms with Crippen LogP contribution in [0.2, 0.25) is 0 Å². The first-order valence-corrected chi connectivity index (χ1v) is 9.37. The second-order valence-electron chi connectivity index (χ2n) is 7.03. The van der Waals surface area contributed by atoms with Crippen LogP contribution in [0.4, 0.5) is 0 Å². The van der Waals surface area contributed by atoms with Crippen molar-refractivity contribution in [3.05, 3.63) is 35.9 Å². The molecule has 2 rings (SSSR count). The highest BCUT2D eigenvalue weighted by molar-refractivity contribution is 5.84. The molecule has 1 aliphatic carbocycles. The molecule has 1 fully saturated rings. The molecule has 144 valence electrons. The quantitative estimate of drug-likeness (QED) is 0.391. The number of rotatable bonds is 10. The molecule has 0 unspecified atom stereocenters. The smallest absolute Gasteiger partial charge is 0.243 e. The summed E-state index contributed by atoms with van der Waals surface area (Å²) in [4.78, 5) is 19.9. The highest BCUT2D eigenvalue weighted by Gasteiger charge is 2.21. The Morgan fingerprint density at radius 3 is 2.62 bits per heavy atom. The standard InChI is InChI=1S/C20H32N4O2/c1-23(2)19(25)15-22-20(21-12-11-17-7-5-4-6-8-17)24(3)13-14-26-16-18-9-10-18/h4-8,18H,9-16H2,1-3H3,(H,21,22). The third-order valence-corrected chi connectivity index (χ3v) is 4.39. The van der Waals surface area contributed by atoms with E-state index in [0.29, 0.717) is 6.61 Å². The zero-order chi connectivity index (χ0) is 18.8. The van der Waals surface area contributed by atoms with Gasteiger partial charge in [0, 0.05) is 40.8 Å². The first-order valence-electron chi connectivity index (χ1n) is 9.37. The number of nitrogens with one attached hydrogen (secondary N) is 1. The van der Waals surface area contributed by atoms with Gasteiger partial charge in [-0.3, -0.25) is 4.79 Å². The van der Waals surface area contributed by atoms with Gasteiger partial charge in [-0.05, 0) is 30.7 Å². The van der Waals surface area contributed by atoms with Crippen LogP contribution < -0.4 is 5.32 Å². The highest BCUT2D eigenvalue weighted by atomic mass is 16.5. The molecule has 0 saturated heterocycles. The average Bonchev–Trinajstić information content (AvgIpc) is 3.46. The van der Waals surface area contributed by atoms with E-state index in [9.17, 15) is 4.79 Å². The lowest BCUT2D eigenvalue weighted by atomic mass is 10.1. The molecule has 6 nitrogen and oxygen atoms in total. The Morgan fingerprint density at radius 1 is 1.23 bits per heavy atom. The van der Waals surface area contributed by atoms with E-state index in [0.717, 1.165) is 38.0 Å². The van der Waals surface area contributed by atoms with Crippen LogP contribution >= 0.6 is 0 Å². The molecular formula is C20H32N4O2. The van der Waals surface area contributed by atoms with E-state index in [2.05, 4.69) is 22.4 Å². The molecule has 0 aliphatic heterocycles. The van der Waals surface area contributed by atoms with E-state index >= 15 is 0 Å². The lowest BCUT2D eigenvalue weighted by Gasteiger charge is -2.23. The minimum Gasteiger partial charge on any atom is -0.379 e. The van der Waals surface area contributed by atoms with Crippen LogP contribution in [0, 0.1) is 5.92 Å². The maximum atomic E-state index is 11.9. The minimum atomic E-state index is -0.00857. The molecule has 0 atom stereocenters. The summed E-state index contributed by atoms with van der Waals surface area (Å²) in [6, 6.07) is 10.3. The molecule has 0 radical (unpaired) electrons. The summed E-state index contributed by atoms with van der Waals surface area (Å²) in [6.45, 7) is 3.20. The molecule has 1 aromatic rings. The van der Waals surface area contributed by atoms with Gasteiger partial charge in [-0.15, -0.1) is 0 Å². The van der Waals surface area contributed by atoms with Gasteiger partial charge in [0.2, 0.25) is 5.91 Å². The molecule has 0 aromatic heterocycles. The lowest BCUT2D eigenvalue weighted by molar-refractivity contribution is -0.127. The summed E-state index contributed by atoms with van der Waals surface area (Å²) >= 11 is 0. The van der Waals surface area contributed by atoms with Crippen LogP contribution in [-0.2, 0) is 16.0 Å². The Kier molecular flexibility index (Phi) is 8.41.